The van der Waals surface area contributed by atoms with Crippen LogP contribution in [0.5, 0.6) is 0 Å². The first-order valence-corrected chi connectivity index (χ1v) is 8.74. The zero-order valence-electron chi connectivity index (χ0n) is 13.7. The third-order valence-corrected chi connectivity index (χ3v) is 5.50. The van der Waals surface area contributed by atoms with E-state index in [4.69, 9.17) is 0 Å². The first-order valence-electron chi connectivity index (χ1n) is 8.74. The van der Waals surface area contributed by atoms with Crippen LogP contribution in [0.1, 0.15) is 34.9 Å². The molecule has 3 heterocycles. The number of rotatable bonds is 2. The summed E-state index contributed by atoms with van der Waals surface area (Å²) in [6.45, 7) is 0.964. The van der Waals surface area contributed by atoms with Gasteiger partial charge in [0, 0.05) is 18.1 Å². The van der Waals surface area contributed by atoms with Crippen molar-refractivity contribution in [2.75, 3.05) is 0 Å². The van der Waals surface area contributed by atoms with Crippen LogP contribution in [0.2, 0.25) is 0 Å². The number of aryl methyl sites for hydroxylation is 2. The number of carbonyl (C=O) groups is 2. The standard InChI is InChI=1S/C21H18N2O2/c24-20-17(13-6-2-1-3-7-13)18(21(25)22-20)16-12-23-11-5-9-14-8-4-10-15(16)19(14)23/h1-4,6-8,10,12,17-18H,5,9,11H2,(H,22,24,25)/t17-,18-/m0/s1. The van der Waals surface area contributed by atoms with Crippen LogP contribution >= 0.6 is 0 Å². The monoisotopic (exact) mass is 330 g/mol. The molecule has 1 N–H and O–H groups in total. The van der Waals surface area contributed by atoms with E-state index in [0.29, 0.717) is 0 Å². The molecule has 0 aliphatic carbocycles. The van der Waals surface area contributed by atoms with E-state index in [0.717, 1.165) is 35.9 Å². The third-order valence-electron chi connectivity index (χ3n) is 5.50. The van der Waals surface area contributed by atoms with Crippen LogP contribution in [-0.2, 0) is 22.6 Å². The fraction of sp³-hybridized carbons (Fsp3) is 0.238. The highest BCUT2D eigenvalue weighted by Crippen LogP contribution is 2.42. The van der Waals surface area contributed by atoms with Gasteiger partial charge in [-0.15, -0.1) is 0 Å². The van der Waals surface area contributed by atoms with E-state index in [-0.39, 0.29) is 11.8 Å². The summed E-state index contributed by atoms with van der Waals surface area (Å²) in [6, 6.07) is 15.9. The molecule has 1 saturated heterocycles. The highest BCUT2D eigenvalue weighted by atomic mass is 16.2. The number of nitrogens with zero attached hydrogens (tertiary/aromatic N) is 1. The fourth-order valence-electron chi connectivity index (χ4n) is 4.44. The van der Waals surface area contributed by atoms with Crippen molar-refractivity contribution in [2.24, 2.45) is 0 Å². The molecule has 2 amide bonds. The molecule has 2 aromatic carbocycles. The Hall–Kier alpha value is -2.88. The summed E-state index contributed by atoms with van der Waals surface area (Å²) in [7, 11) is 0. The van der Waals surface area contributed by atoms with Crippen molar-refractivity contribution in [3.05, 3.63) is 71.4 Å². The molecule has 3 aromatic rings. The molecule has 1 aromatic heterocycles. The Kier molecular flexibility index (Phi) is 3.07. The van der Waals surface area contributed by atoms with Crippen LogP contribution in [0.4, 0.5) is 0 Å². The van der Waals surface area contributed by atoms with Gasteiger partial charge >= 0.3 is 0 Å². The molecule has 0 bridgehead atoms. The minimum Gasteiger partial charge on any atom is -0.347 e. The number of nitrogens with one attached hydrogen (secondary N) is 1. The highest BCUT2D eigenvalue weighted by Gasteiger charge is 2.44. The number of amides is 2. The van der Waals surface area contributed by atoms with Gasteiger partial charge < -0.3 is 4.57 Å². The first-order chi connectivity index (χ1) is 12.2. The van der Waals surface area contributed by atoms with Crippen molar-refractivity contribution < 1.29 is 9.59 Å². The number of para-hydroxylation sites is 1. The van der Waals surface area contributed by atoms with E-state index in [1.54, 1.807) is 0 Å². The second-order valence-electron chi connectivity index (χ2n) is 6.91. The number of benzene rings is 2. The lowest BCUT2D eigenvalue weighted by atomic mass is 9.83. The smallest absolute Gasteiger partial charge is 0.235 e. The molecule has 1 fully saturated rings. The largest absolute Gasteiger partial charge is 0.347 e. The molecule has 0 spiro atoms. The zero-order chi connectivity index (χ0) is 17.0. The summed E-state index contributed by atoms with van der Waals surface area (Å²) >= 11 is 0. The van der Waals surface area contributed by atoms with E-state index in [2.05, 4.69) is 34.3 Å². The molecule has 0 saturated carbocycles. The molecule has 5 rings (SSSR count). The van der Waals surface area contributed by atoms with Crippen LogP contribution in [0.25, 0.3) is 10.9 Å². The van der Waals surface area contributed by atoms with Crippen molar-refractivity contribution in [2.45, 2.75) is 31.2 Å². The predicted molar refractivity (Wildman–Crippen MR) is 95.3 cm³/mol. The van der Waals surface area contributed by atoms with E-state index in [1.807, 2.05) is 30.3 Å². The van der Waals surface area contributed by atoms with Gasteiger partial charge in [-0.05, 0) is 29.5 Å². The molecule has 2 aliphatic heterocycles. The number of hydrogen-bond acceptors (Lipinski definition) is 2. The summed E-state index contributed by atoms with van der Waals surface area (Å²) in [5.74, 6) is -1.32. The Labute approximate surface area is 145 Å². The van der Waals surface area contributed by atoms with Gasteiger partial charge in [0.1, 0.15) is 0 Å². The van der Waals surface area contributed by atoms with Crippen LogP contribution in [0.15, 0.2) is 54.7 Å². The molecule has 4 nitrogen and oxygen atoms in total. The maximum Gasteiger partial charge on any atom is 0.235 e. The molecule has 4 heteroatoms. The third kappa shape index (κ3) is 2.07. The van der Waals surface area contributed by atoms with Gasteiger partial charge in [-0.3, -0.25) is 14.9 Å². The molecular formula is C21H18N2O2. The lowest BCUT2D eigenvalue weighted by Gasteiger charge is -2.15. The van der Waals surface area contributed by atoms with Gasteiger partial charge in [-0.2, -0.15) is 0 Å². The van der Waals surface area contributed by atoms with E-state index in [1.165, 1.54) is 11.1 Å². The second kappa shape index (κ2) is 5.31. The summed E-state index contributed by atoms with van der Waals surface area (Å²) in [4.78, 5) is 25.2. The Bertz CT molecular complexity index is 1000. The summed E-state index contributed by atoms with van der Waals surface area (Å²) < 4.78 is 2.25. The minimum atomic E-state index is -0.466. The maximum atomic E-state index is 12.7. The number of aromatic nitrogens is 1. The minimum absolute atomic E-state index is 0.192. The van der Waals surface area contributed by atoms with Crippen LogP contribution < -0.4 is 5.32 Å². The van der Waals surface area contributed by atoms with Gasteiger partial charge in [-0.1, -0.05) is 48.5 Å². The van der Waals surface area contributed by atoms with Crippen LogP contribution in [0, 0.1) is 0 Å². The molecule has 0 unspecified atom stereocenters. The van der Waals surface area contributed by atoms with Gasteiger partial charge in [0.25, 0.3) is 0 Å². The number of carbonyl (C=O) groups excluding carboxylic acids is 2. The first kappa shape index (κ1) is 14.5. The second-order valence-corrected chi connectivity index (χ2v) is 6.91. The predicted octanol–water partition coefficient (Wildman–Crippen LogP) is 3.11. The van der Waals surface area contributed by atoms with Crippen molar-refractivity contribution >= 4 is 22.7 Å². The lowest BCUT2D eigenvalue weighted by molar-refractivity contribution is -0.125. The Morgan fingerprint density at radius 2 is 1.72 bits per heavy atom. The van der Waals surface area contributed by atoms with Crippen molar-refractivity contribution in [3.8, 4) is 0 Å². The Morgan fingerprint density at radius 1 is 0.920 bits per heavy atom. The summed E-state index contributed by atoms with van der Waals surface area (Å²) in [5.41, 5.74) is 4.41. The molecule has 124 valence electrons. The lowest BCUT2D eigenvalue weighted by Crippen LogP contribution is -2.21. The number of imide groups is 1. The average molecular weight is 330 g/mol. The molecule has 2 aliphatic rings. The van der Waals surface area contributed by atoms with Crippen molar-refractivity contribution in [1.82, 2.24) is 9.88 Å². The summed E-state index contributed by atoms with van der Waals surface area (Å²) in [6.07, 6.45) is 4.27. The van der Waals surface area contributed by atoms with Crippen LogP contribution in [-0.4, -0.2) is 16.4 Å². The van der Waals surface area contributed by atoms with E-state index in [9.17, 15) is 9.59 Å². The molecule has 0 radical (unpaired) electrons. The zero-order valence-corrected chi connectivity index (χ0v) is 13.7. The topological polar surface area (TPSA) is 51.1 Å². The molecular weight excluding hydrogens is 312 g/mol. The molecule has 2 atom stereocenters. The Morgan fingerprint density at radius 3 is 2.56 bits per heavy atom. The number of hydrogen-bond donors (Lipinski definition) is 1. The SMILES string of the molecule is O=C1NC(=O)[C@@H](c2cn3c4c(cccc24)CCC3)[C@@H]1c1ccccc1. The fourth-order valence-corrected chi connectivity index (χ4v) is 4.44. The van der Waals surface area contributed by atoms with Gasteiger partial charge in [-0.25, -0.2) is 0 Å². The molecule has 25 heavy (non-hydrogen) atoms. The van der Waals surface area contributed by atoms with Gasteiger partial charge in [0.05, 0.1) is 17.4 Å². The van der Waals surface area contributed by atoms with Crippen LogP contribution in [0.3, 0.4) is 0 Å². The van der Waals surface area contributed by atoms with Crippen molar-refractivity contribution in [3.63, 3.8) is 0 Å². The highest BCUT2D eigenvalue weighted by molar-refractivity contribution is 6.11. The normalized spacial score (nSPS) is 22.4. The van der Waals surface area contributed by atoms with Gasteiger partial charge in [0.2, 0.25) is 11.8 Å². The van der Waals surface area contributed by atoms with E-state index < -0.39 is 11.8 Å². The maximum absolute atomic E-state index is 12.7. The quantitative estimate of drug-likeness (QED) is 0.734. The van der Waals surface area contributed by atoms with Crippen molar-refractivity contribution in [1.29, 1.82) is 0 Å². The van der Waals surface area contributed by atoms with E-state index >= 15 is 0 Å². The van der Waals surface area contributed by atoms with Gasteiger partial charge in [0.15, 0.2) is 0 Å². The average Bonchev–Trinajstić information content (AvgIpc) is 3.14. The summed E-state index contributed by atoms with van der Waals surface area (Å²) in [5, 5.41) is 3.65. The Balaban J connectivity index is 1.72.